The van der Waals surface area contributed by atoms with Gasteiger partial charge in [0.15, 0.2) is 0 Å². The van der Waals surface area contributed by atoms with E-state index in [-0.39, 0.29) is 17.9 Å². The topological polar surface area (TPSA) is 71.3 Å². The smallest absolute Gasteiger partial charge is 0.244 e. The summed E-state index contributed by atoms with van der Waals surface area (Å²) in [5.41, 5.74) is 1.60. The normalized spacial score (nSPS) is 15.2. The zero-order valence-corrected chi connectivity index (χ0v) is 15.0. The van der Waals surface area contributed by atoms with E-state index in [9.17, 15) is 9.59 Å². The van der Waals surface area contributed by atoms with E-state index in [1.54, 1.807) is 16.9 Å². The Morgan fingerprint density at radius 2 is 1.78 bits per heavy atom. The van der Waals surface area contributed by atoms with Gasteiger partial charge in [0.1, 0.15) is 6.54 Å². The largest absolute Gasteiger partial charge is 0.339 e. The van der Waals surface area contributed by atoms with Crippen LogP contribution in [0.15, 0.2) is 59.7 Å². The molecule has 0 bridgehead atoms. The van der Waals surface area contributed by atoms with E-state index in [1.807, 2.05) is 41.3 Å². The van der Waals surface area contributed by atoms with Crippen LogP contribution in [0.25, 0.3) is 10.9 Å². The standard InChI is InChI=1S/C20H21N5O2/c26-19-13-22-25(18-7-2-1-6-17(18)19)15-20(27)24-11-9-23(10-12-24)14-16-5-3-4-8-21-16/h1-8,13H,9-12,14-15H2. The highest BCUT2D eigenvalue weighted by molar-refractivity contribution is 5.81. The fraction of sp³-hybridized carbons (Fsp3) is 0.300. The zero-order chi connectivity index (χ0) is 18.6. The van der Waals surface area contributed by atoms with E-state index >= 15 is 0 Å². The minimum atomic E-state index is -0.127. The number of hydrogen-bond donors (Lipinski definition) is 0. The molecule has 0 spiro atoms. The Labute approximate surface area is 156 Å². The van der Waals surface area contributed by atoms with Crippen molar-refractivity contribution in [3.05, 3.63) is 70.8 Å². The fourth-order valence-corrected chi connectivity index (χ4v) is 3.39. The van der Waals surface area contributed by atoms with Crippen LogP contribution in [-0.4, -0.2) is 56.7 Å². The van der Waals surface area contributed by atoms with Gasteiger partial charge in [-0.2, -0.15) is 5.10 Å². The second-order valence-corrected chi connectivity index (χ2v) is 6.66. The second-order valence-electron chi connectivity index (χ2n) is 6.66. The van der Waals surface area contributed by atoms with Gasteiger partial charge in [-0.25, -0.2) is 0 Å². The molecule has 0 radical (unpaired) electrons. The lowest BCUT2D eigenvalue weighted by molar-refractivity contribution is -0.133. The quantitative estimate of drug-likeness (QED) is 0.695. The van der Waals surface area contributed by atoms with Gasteiger partial charge in [0.25, 0.3) is 0 Å². The number of piperazine rings is 1. The Hall–Kier alpha value is -3.06. The predicted molar refractivity (Wildman–Crippen MR) is 102 cm³/mol. The summed E-state index contributed by atoms with van der Waals surface area (Å²) in [6, 6.07) is 13.2. The van der Waals surface area contributed by atoms with Gasteiger partial charge in [0.05, 0.1) is 17.4 Å². The van der Waals surface area contributed by atoms with E-state index in [0.29, 0.717) is 24.0 Å². The van der Waals surface area contributed by atoms with Gasteiger partial charge >= 0.3 is 0 Å². The van der Waals surface area contributed by atoms with Crippen molar-refractivity contribution in [2.45, 2.75) is 13.1 Å². The molecule has 0 N–H and O–H groups in total. The number of rotatable bonds is 4. The molecule has 0 saturated carbocycles. The monoisotopic (exact) mass is 363 g/mol. The number of pyridine rings is 1. The average Bonchev–Trinajstić information content (AvgIpc) is 2.71. The van der Waals surface area contributed by atoms with Crippen LogP contribution in [0.2, 0.25) is 0 Å². The minimum Gasteiger partial charge on any atom is -0.339 e. The van der Waals surface area contributed by atoms with Crippen LogP contribution in [-0.2, 0) is 17.9 Å². The molecule has 3 aromatic rings. The lowest BCUT2D eigenvalue weighted by Gasteiger charge is -2.34. The molecule has 1 fully saturated rings. The van der Waals surface area contributed by atoms with E-state index in [0.717, 1.165) is 25.3 Å². The molecule has 1 aliphatic heterocycles. The van der Waals surface area contributed by atoms with Crippen LogP contribution in [0.5, 0.6) is 0 Å². The highest BCUT2D eigenvalue weighted by Crippen LogP contribution is 2.10. The zero-order valence-electron chi connectivity index (χ0n) is 15.0. The molecule has 2 aromatic heterocycles. The third-order valence-corrected chi connectivity index (χ3v) is 4.88. The molecule has 1 aliphatic rings. The second kappa shape index (κ2) is 7.67. The van der Waals surface area contributed by atoms with Crippen LogP contribution in [0, 0.1) is 0 Å². The molecule has 3 heterocycles. The summed E-state index contributed by atoms with van der Waals surface area (Å²) < 4.78 is 1.61. The molecule has 7 heteroatoms. The van der Waals surface area contributed by atoms with Crippen LogP contribution in [0.4, 0.5) is 0 Å². The number of carbonyl (C=O) groups is 1. The summed E-state index contributed by atoms with van der Waals surface area (Å²) in [6.45, 7) is 3.95. The number of hydrogen-bond acceptors (Lipinski definition) is 5. The highest BCUT2D eigenvalue weighted by atomic mass is 16.2. The van der Waals surface area contributed by atoms with Crippen molar-refractivity contribution in [3.8, 4) is 0 Å². The maximum absolute atomic E-state index is 12.7. The molecule has 1 aromatic carbocycles. The Morgan fingerprint density at radius 3 is 2.56 bits per heavy atom. The molecule has 27 heavy (non-hydrogen) atoms. The van der Waals surface area contributed by atoms with Gasteiger partial charge in [-0.15, -0.1) is 0 Å². The van der Waals surface area contributed by atoms with E-state index in [1.165, 1.54) is 6.20 Å². The molecule has 0 atom stereocenters. The molecular formula is C20H21N5O2. The van der Waals surface area contributed by atoms with Crippen molar-refractivity contribution in [2.75, 3.05) is 26.2 Å². The molecule has 1 amide bonds. The molecule has 138 valence electrons. The summed E-state index contributed by atoms with van der Waals surface area (Å²) in [5, 5.41) is 4.73. The van der Waals surface area contributed by atoms with Crippen molar-refractivity contribution in [2.24, 2.45) is 0 Å². The van der Waals surface area contributed by atoms with Crippen molar-refractivity contribution < 1.29 is 4.79 Å². The summed E-state index contributed by atoms with van der Waals surface area (Å²) >= 11 is 0. The Morgan fingerprint density at radius 1 is 1.00 bits per heavy atom. The molecule has 7 nitrogen and oxygen atoms in total. The van der Waals surface area contributed by atoms with Crippen molar-refractivity contribution in [1.82, 2.24) is 24.6 Å². The summed E-state index contributed by atoms with van der Waals surface area (Å²) in [4.78, 5) is 33.2. The molecule has 1 saturated heterocycles. The number of para-hydroxylation sites is 1. The lowest BCUT2D eigenvalue weighted by Crippen LogP contribution is -2.49. The first-order valence-electron chi connectivity index (χ1n) is 9.05. The number of nitrogens with zero attached hydrogens (tertiary/aromatic N) is 5. The summed E-state index contributed by atoms with van der Waals surface area (Å²) in [6.07, 6.45) is 3.08. The highest BCUT2D eigenvalue weighted by Gasteiger charge is 2.22. The van der Waals surface area contributed by atoms with Crippen LogP contribution in [0.1, 0.15) is 5.69 Å². The van der Waals surface area contributed by atoms with Gasteiger partial charge in [-0.1, -0.05) is 18.2 Å². The minimum absolute atomic E-state index is 0.0220. The molecule has 0 aliphatic carbocycles. The van der Waals surface area contributed by atoms with Crippen molar-refractivity contribution >= 4 is 16.8 Å². The van der Waals surface area contributed by atoms with Gasteiger partial charge in [-0.3, -0.25) is 24.2 Å². The van der Waals surface area contributed by atoms with Crippen LogP contribution in [0.3, 0.4) is 0 Å². The first kappa shape index (κ1) is 17.4. The Balaban J connectivity index is 1.39. The summed E-state index contributed by atoms with van der Waals surface area (Å²) in [7, 11) is 0. The Kier molecular flexibility index (Phi) is 4.93. The van der Waals surface area contributed by atoms with Gasteiger partial charge in [0, 0.05) is 44.3 Å². The van der Waals surface area contributed by atoms with E-state index < -0.39 is 0 Å². The molecule has 0 unspecified atom stereocenters. The SMILES string of the molecule is O=C(Cn1ncc(=O)c2ccccc21)N1CCN(Cc2ccccn2)CC1. The van der Waals surface area contributed by atoms with E-state index in [2.05, 4.69) is 15.0 Å². The van der Waals surface area contributed by atoms with E-state index in [4.69, 9.17) is 0 Å². The first-order valence-corrected chi connectivity index (χ1v) is 9.05. The number of aromatic nitrogens is 3. The molecule has 4 rings (SSSR count). The predicted octanol–water partition coefficient (Wildman–Crippen LogP) is 1.14. The number of carbonyl (C=O) groups excluding carboxylic acids is 1. The fourth-order valence-electron chi connectivity index (χ4n) is 3.39. The first-order chi connectivity index (χ1) is 13.2. The number of benzene rings is 1. The van der Waals surface area contributed by atoms with Crippen LogP contribution >= 0.6 is 0 Å². The summed E-state index contributed by atoms with van der Waals surface area (Å²) in [5.74, 6) is 0.0220. The van der Waals surface area contributed by atoms with Gasteiger partial charge < -0.3 is 4.90 Å². The third kappa shape index (κ3) is 3.88. The maximum Gasteiger partial charge on any atom is 0.244 e. The number of amides is 1. The maximum atomic E-state index is 12.7. The third-order valence-electron chi connectivity index (χ3n) is 4.88. The lowest BCUT2D eigenvalue weighted by atomic mass is 10.2. The van der Waals surface area contributed by atoms with Gasteiger partial charge in [0.2, 0.25) is 11.3 Å². The number of fused-ring (bicyclic) bond motifs is 1. The molecular weight excluding hydrogens is 342 g/mol. The average molecular weight is 363 g/mol. The van der Waals surface area contributed by atoms with Crippen molar-refractivity contribution in [1.29, 1.82) is 0 Å². The Bertz CT molecular complexity index is 994. The van der Waals surface area contributed by atoms with Crippen LogP contribution < -0.4 is 5.43 Å². The van der Waals surface area contributed by atoms with Crippen molar-refractivity contribution in [3.63, 3.8) is 0 Å². The van der Waals surface area contributed by atoms with Gasteiger partial charge in [-0.05, 0) is 24.3 Å².